The van der Waals surface area contributed by atoms with Crippen LogP contribution in [0.5, 0.6) is 0 Å². The molecule has 6 heteroatoms. The first-order valence-electron chi connectivity index (χ1n) is 11.6. The van der Waals surface area contributed by atoms with Crippen molar-refractivity contribution < 1.29 is 4.79 Å². The van der Waals surface area contributed by atoms with Gasteiger partial charge in [-0.1, -0.05) is 25.1 Å². The summed E-state index contributed by atoms with van der Waals surface area (Å²) in [5.41, 5.74) is 12.3. The van der Waals surface area contributed by atoms with E-state index in [2.05, 4.69) is 60.4 Å². The molecule has 0 bridgehead atoms. The van der Waals surface area contributed by atoms with Gasteiger partial charge in [-0.15, -0.1) is 0 Å². The molecule has 1 saturated heterocycles. The molecule has 1 aliphatic heterocycles. The number of carbonyl (C=O) groups excluding carboxylic acids is 1. The average molecular weight is 430 g/mol. The van der Waals surface area contributed by atoms with Crippen molar-refractivity contribution in [3.8, 4) is 11.5 Å². The van der Waals surface area contributed by atoms with Gasteiger partial charge in [0.25, 0.3) is 5.91 Å². The van der Waals surface area contributed by atoms with Crippen molar-refractivity contribution in [2.45, 2.75) is 45.7 Å². The van der Waals surface area contributed by atoms with E-state index in [4.69, 9.17) is 10.7 Å². The zero-order valence-corrected chi connectivity index (χ0v) is 19.1. The van der Waals surface area contributed by atoms with Crippen LogP contribution >= 0.6 is 0 Å². The second-order valence-corrected chi connectivity index (χ2v) is 8.84. The predicted octanol–water partition coefficient (Wildman–Crippen LogP) is 4.34. The van der Waals surface area contributed by atoms with E-state index in [9.17, 15) is 4.79 Å². The molecule has 0 aliphatic carbocycles. The summed E-state index contributed by atoms with van der Waals surface area (Å²) in [6.45, 7) is 6.57. The number of amides is 1. The van der Waals surface area contributed by atoms with Gasteiger partial charge in [-0.3, -0.25) is 4.79 Å². The molecule has 4 aromatic rings. The minimum absolute atomic E-state index is 0.0617. The number of likely N-dealkylation sites (tertiary alicyclic amines) is 1. The number of imidazole rings is 1. The zero-order chi connectivity index (χ0) is 22.4. The number of nitrogens with two attached hydrogens (primary N) is 1. The fourth-order valence-electron chi connectivity index (χ4n) is 5.18. The van der Waals surface area contributed by atoms with Crippen molar-refractivity contribution in [3.63, 3.8) is 0 Å². The van der Waals surface area contributed by atoms with Crippen LogP contribution in [0.15, 0.2) is 42.5 Å². The van der Waals surface area contributed by atoms with Gasteiger partial charge >= 0.3 is 0 Å². The highest BCUT2D eigenvalue weighted by Gasteiger charge is 2.24. The van der Waals surface area contributed by atoms with E-state index >= 15 is 0 Å². The molecule has 0 saturated carbocycles. The second-order valence-electron chi connectivity index (χ2n) is 8.84. The standard InChI is InChI=1S/C26H31N5O/c1-4-17-13-19(26(32)30-12-8-10-20(27)16-30)14-21-24(17)29(3)25(28-21)23-15-18-9-6-7-11-22(18)31(23)5-2/h6-7,9,11,13-15,20H,4-5,8,10,12,16,27H2,1-3H3/t20-/m1/s1. The number of hydrogen-bond donors (Lipinski definition) is 1. The van der Waals surface area contributed by atoms with Gasteiger partial charge in [0.05, 0.1) is 16.7 Å². The fourth-order valence-corrected chi connectivity index (χ4v) is 5.18. The lowest BCUT2D eigenvalue weighted by molar-refractivity contribution is 0.0709. The Balaban J connectivity index is 1.64. The van der Waals surface area contributed by atoms with E-state index in [-0.39, 0.29) is 11.9 Å². The largest absolute Gasteiger partial charge is 0.338 e. The van der Waals surface area contributed by atoms with E-state index in [1.54, 1.807) is 0 Å². The fraction of sp³-hybridized carbons (Fsp3) is 0.385. The number of fused-ring (bicyclic) bond motifs is 2. The molecule has 5 rings (SSSR count). The Morgan fingerprint density at radius 3 is 2.75 bits per heavy atom. The van der Waals surface area contributed by atoms with Crippen LogP contribution < -0.4 is 5.73 Å². The summed E-state index contributed by atoms with van der Waals surface area (Å²) in [6, 6.07) is 14.7. The Bertz CT molecular complexity index is 1310. The van der Waals surface area contributed by atoms with E-state index < -0.39 is 0 Å². The number of carbonyl (C=O) groups is 1. The maximum atomic E-state index is 13.3. The van der Waals surface area contributed by atoms with E-state index in [0.29, 0.717) is 12.1 Å². The number of rotatable bonds is 4. The van der Waals surface area contributed by atoms with Gasteiger partial charge in [0, 0.05) is 49.2 Å². The number of benzene rings is 2. The number of piperidine rings is 1. The Kier molecular flexibility index (Phi) is 5.25. The predicted molar refractivity (Wildman–Crippen MR) is 130 cm³/mol. The highest BCUT2D eigenvalue weighted by molar-refractivity contribution is 5.99. The summed E-state index contributed by atoms with van der Waals surface area (Å²) in [5, 5.41) is 1.21. The maximum Gasteiger partial charge on any atom is 0.253 e. The normalized spacial score (nSPS) is 16.9. The molecular weight excluding hydrogens is 398 g/mol. The molecule has 0 spiro atoms. The molecule has 1 fully saturated rings. The summed E-state index contributed by atoms with van der Waals surface area (Å²) >= 11 is 0. The molecule has 32 heavy (non-hydrogen) atoms. The molecule has 2 aromatic heterocycles. The molecule has 3 heterocycles. The number of aryl methyl sites for hydroxylation is 3. The minimum atomic E-state index is 0.0617. The lowest BCUT2D eigenvalue weighted by Gasteiger charge is -2.31. The molecule has 1 aliphatic rings. The number of hydrogen-bond acceptors (Lipinski definition) is 3. The van der Waals surface area contributed by atoms with Crippen molar-refractivity contribution in [2.24, 2.45) is 12.8 Å². The monoisotopic (exact) mass is 429 g/mol. The van der Waals surface area contributed by atoms with Crippen LogP contribution in [0.4, 0.5) is 0 Å². The summed E-state index contributed by atoms with van der Waals surface area (Å²) in [6.07, 6.45) is 2.79. The molecule has 0 radical (unpaired) electrons. The van der Waals surface area contributed by atoms with Crippen LogP contribution in [0, 0.1) is 0 Å². The summed E-state index contributed by atoms with van der Waals surface area (Å²) in [4.78, 5) is 20.2. The Morgan fingerprint density at radius 1 is 1.19 bits per heavy atom. The van der Waals surface area contributed by atoms with Gasteiger partial charge in [-0.25, -0.2) is 4.98 Å². The van der Waals surface area contributed by atoms with Crippen LogP contribution in [0.3, 0.4) is 0 Å². The van der Waals surface area contributed by atoms with Crippen molar-refractivity contribution >= 4 is 27.8 Å². The lowest BCUT2D eigenvalue weighted by atomic mass is 10.0. The van der Waals surface area contributed by atoms with Crippen molar-refractivity contribution in [1.29, 1.82) is 0 Å². The summed E-state index contributed by atoms with van der Waals surface area (Å²) in [7, 11) is 2.08. The SMILES string of the molecule is CCc1cc(C(=O)N2CCC[C@@H](N)C2)cc2nc(-c3cc4ccccc4n3CC)n(C)c12. The van der Waals surface area contributed by atoms with E-state index in [1.807, 2.05) is 17.0 Å². The maximum absolute atomic E-state index is 13.3. The molecule has 2 N–H and O–H groups in total. The first kappa shape index (κ1) is 20.8. The number of nitrogens with zero attached hydrogens (tertiary/aromatic N) is 4. The van der Waals surface area contributed by atoms with Gasteiger partial charge in [0.2, 0.25) is 0 Å². The van der Waals surface area contributed by atoms with Crippen molar-refractivity contribution in [2.75, 3.05) is 13.1 Å². The molecule has 1 amide bonds. The Labute approximate surface area is 188 Å². The van der Waals surface area contributed by atoms with Gasteiger partial charge < -0.3 is 19.8 Å². The van der Waals surface area contributed by atoms with Gasteiger partial charge in [-0.05, 0) is 56.0 Å². The molecule has 6 nitrogen and oxygen atoms in total. The first-order valence-corrected chi connectivity index (χ1v) is 11.6. The van der Waals surface area contributed by atoms with Crippen LogP contribution in [-0.4, -0.2) is 44.1 Å². The van der Waals surface area contributed by atoms with E-state index in [1.165, 1.54) is 10.9 Å². The molecule has 1 atom stereocenters. The summed E-state index contributed by atoms with van der Waals surface area (Å²) < 4.78 is 4.49. The second kappa shape index (κ2) is 8.10. The Hall–Kier alpha value is -3.12. The highest BCUT2D eigenvalue weighted by Crippen LogP contribution is 2.32. The topological polar surface area (TPSA) is 69.1 Å². The van der Waals surface area contributed by atoms with Crippen LogP contribution in [0.25, 0.3) is 33.5 Å². The third-order valence-corrected chi connectivity index (χ3v) is 6.78. The van der Waals surface area contributed by atoms with Gasteiger partial charge in [0.15, 0.2) is 5.82 Å². The molecular formula is C26H31N5O. The summed E-state index contributed by atoms with van der Waals surface area (Å²) in [5.74, 6) is 0.990. The van der Waals surface area contributed by atoms with Gasteiger partial charge in [0.1, 0.15) is 0 Å². The van der Waals surface area contributed by atoms with Gasteiger partial charge in [-0.2, -0.15) is 0 Å². The third kappa shape index (κ3) is 3.30. The van der Waals surface area contributed by atoms with E-state index in [0.717, 1.165) is 60.5 Å². The molecule has 166 valence electrons. The molecule has 2 aromatic carbocycles. The van der Waals surface area contributed by atoms with Crippen LogP contribution in [-0.2, 0) is 20.0 Å². The lowest BCUT2D eigenvalue weighted by Crippen LogP contribution is -2.45. The van der Waals surface area contributed by atoms with Crippen molar-refractivity contribution in [1.82, 2.24) is 19.0 Å². The van der Waals surface area contributed by atoms with Crippen molar-refractivity contribution in [3.05, 3.63) is 53.6 Å². The first-order chi connectivity index (χ1) is 15.5. The third-order valence-electron chi connectivity index (χ3n) is 6.78. The smallest absolute Gasteiger partial charge is 0.253 e. The quantitative estimate of drug-likeness (QED) is 0.525. The van der Waals surface area contributed by atoms with Crippen LogP contribution in [0.1, 0.15) is 42.6 Å². The molecule has 0 unspecified atom stereocenters. The average Bonchev–Trinajstić information content (AvgIpc) is 3.35. The highest BCUT2D eigenvalue weighted by atomic mass is 16.2. The Morgan fingerprint density at radius 2 is 2.00 bits per heavy atom. The number of aromatic nitrogens is 3. The van der Waals surface area contributed by atoms with Crippen LogP contribution in [0.2, 0.25) is 0 Å². The minimum Gasteiger partial charge on any atom is -0.338 e. The zero-order valence-electron chi connectivity index (χ0n) is 19.1. The number of para-hydroxylation sites is 1.